The van der Waals surface area contributed by atoms with Gasteiger partial charge in [-0.15, -0.1) is 0 Å². The van der Waals surface area contributed by atoms with Gasteiger partial charge in [0.15, 0.2) is 0 Å². The molecule has 0 radical (unpaired) electrons. The largest absolute Gasteiger partial charge is 0.423 e. The summed E-state index contributed by atoms with van der Waals surface area (Å²) < 4.78 is 39.9. The zero-order valence-corrected chi connectivity index (χ0v) is 23.3. The van der Waals surface area contributed by atoms with Crippen LogP contribution in [-0.2, 0) is 16.4 Å². The Morgan fingerprint density at radius 3 is 2.12 bits per heavy atom. The van der Waals surface area contributed by atoms with Crippen molar-refractivity contribution in [2.45, 2.75) is 77.6 Å². The van der Waals surface area contributed by atoms with Gasteiger partial charge < -0.3 is 20.4 Å². The summed E-state index contributed by atoms with van der Waals surface area (Å²) in [4.78, 5) is 26.8. The molecule has 0 spiro atoms. The number of amides is 1. The van der Waals surface area contributed by atoms with Crippen LogP contribution in [0.25, 0.3) is 0 Å². The lowest BCUT2D eigenvalue weighted by molar-refractivity contribution is -0.388. The smallest absolute Gasteiger partial charge is 0.382 e. The standard InChI is InChI=1S/C29H38F3N5O3.CH4/c1-28(2,3)20-4-6-21(7-5-20)33-22-10-14-35(15-11-22)16-13-27(38)36-17-12-24(19-36)34-23-8-9-26(37(39)40)25(18-23)29(30,31)32;/h4-9,18,22,24,33-34H,10-17,19H2,1-3H3;1H4/t24-;/m0./s1. The molecule has 2 aromatic rings. The Kier molecular flexibility index (Phi) is 10.3. The number of nitro groups is 1. The minimum Gasteiger partial charge on any atom is -0.382 e. The summed E-state index contributed by atoms with van der Waals surface area (Å²) in [5, 5.41) is 17.6. The van der Waals surface area contributed by atoms with E-state index in [4.69, 9.17) is 0 Å². The predicted molar refractivity (Wildman–Crippen MR) is 156 cm³/mol. The number of benzene rings is 2. The Bertz CT molecular complexity index is 1190. The SMILES string of the molecule is C.CC(C)(C)c1ccc(NC2CCN(CCC(=O)N3CC[C@H](Nc4ccc([N+](=O)[O-])c(C(F)(F)F)c4)C3)CC2)cc1. The molecule has 0 aliphatic carbocycles. The first kappa shape index (κ1) is 32.2. The molecule has 41 heavy (non-hydrogen) atoms. The monoisotopic (exact) mass is 577 g/mol. The average molecular weight is 578 g/mol. The summed E-state index contributed by atoms with van der Waals surface area (Å²) in [6.45, 7) is 10.0. The number of alkyl halides is 3. The predicted octanol–water partition coefficient (Wildman–Crippen LogP) is 6.53. The highest BCUT2D eigenvalue weighted by Gasteiger charge is 2.38. The highest BCUT2D eigenvalue weighted by atomic mass is 19.4. The van der Waals surface area contributed by atoms with Crippen LogP contribution in [0.3, 0.4) is 0 Å². The van der Waals surface area contributed by atoms with Gasteiger partial charge in [-0.1, -0.05) is 40.3 Å². The van der Waals surface area contributed by atoms with Crippen LogP contribution in [-0.4, -0.2) is 65.4 Å². The first-order chi connectivity index (χ1) is 18.8. The van der Waals surface area contributed by atoms with E-state index in [0.29, 0.717) is 38.5 Å². The Hall–Kier alpha value is -3.34. The topological polar surface area (TPSA) is 90.8 Å². The van der Waals surface area contributed by atoms with Crippen LogP contribution in [0.4, 0.5) is 30.2 Å². The molecule has 0 aromatic heterocycles. The number of anilines is 2. The molecular weight excluding hydrogens is 535 g/mol. The number of nitrogens with one attached hydrogen (secondary N) is 2. The van der Waals surface area contributed by atoms with Crippen molar-refractivity contribution in [3.8, 4) is 0 Å². The van der Waals surface area contributed by atoms with Crippen molar-refractivity contribution in [3.63, 3.8) is 0 Å². The third kappa shape index (κ3) is 8.58. The van der Waals surface area contributed by atoms with Gasteiger partial charge >= 0.3 is 6.18 Å². The fraction of sp³-hybridized carbons (Fsp3) is 0.567. The maximum atomic E-state index is 13.3. The third-order valence-corrected chi connectivity index (χ3v) is 7.76. The summed E-state index contributed by atoms with van der Waals surface area (Å²) in [5.41, 5.74) is 0.448. The van der Waals surface area contributed by atoms with Gasteiger partial charge in [0.05, 0.1) is 4.92 Å². The molecule has 11 heteroatoms. The van der Waals surface area contributed by atoms with Crippen molar-refractivity contribution >= 4 is 23.0 Å². The van der Waals surface area contributed by atoms with Gasteiger partial charge in [-0.05, 0) is 54.5 Å². The van der Waals surface area contributed by atoms with Gasteiger partial charge in [-0.3, -0.25) is 14.9 Å². The zero-order chi connectivity index (χ0) is 29.1. The lowest BCUT2D eigenvalue weighted by Gasteiger charge is -2.33. The maximum absolute atomic E-state index is 13.3. The molecule has 2 aromatic carbocycles. The number of hydrogen-bond acceptors (Lipinski definition) is 6. The quantitative estimate of drug-likeness (QED) is 0.274. The number of hydrogen-bond donors (Lipinski definition) is 2. The van der Waals surface area contributed by atoms with E-state index in [1.165, 1.54) is 11.6 Å². The average Bonchev–Trinajstić information content (AvgIpc) is 3.36. The minimum atomic E-state index is -4.83. The van der Waals surface area contributed by atoms with Crippen LogP contribution in [0.5, 0.6) is 0 Å². The van der Waals surface area contributed by atoms with E-state index in [0.717, 1.165) is 43.8 Å². The summed E-state index contributed by atoms with van der Waals surface area (Å²) in [7, 11) is 0. The van der Waals surface area contributed by atoms with E-state index < -0.39 is 22.4 Å². The van der Waals surface area contributed by atoms with Gasteiger partial charge in [0.2, 0.25) is 5.91 Å². The van der Waals surface area contributed by atoms with Crippen LogP contribution in [0.15, 0.2) is 42.5 Å². The highest BCUT2D eigenvalue weighted by Crippen LogP contribution is 2.38. The van der Waals surface area contributed by atoms with Crippen molar-refractivity contribution in [1.29, 1.82) is 0 Å². The van der Waals surface area contributed by atoms with Gasteiger partial charge in [-0.2, -0.15) is 13.2 Å². The first-order valence-corrected chi connectivity index (χ1v) is 13.8. The fourth-order valence-electron chi connectivity index (χ4n) is 5.37. The highest BCUT2D eigenvalue weighted by molar-refractivity contribution is 5.77. The number of carbonyl (C=O) groups is 1. The molecule has 0 unspecified atom stereocenters. The zero-order valence-electron chi connectivity index (χ0n) is 23.3. The molecule has 2 fully saturated rings. The third-order valence-electron chi connectivity index (χ3n) is 7.76. The van der Waals surface area contributed by atoms with Crippen LogP contribution < -0.4 is 10.6 Å². The van der Waals surface area contributed by atoms with E-state index >= 15 is 0 Å². The molecule has 226 valence electrons. The Morgan fingerprint density at radius 1 is 0.951 bits per heavy atom. The molecule has 2 heterocycles. The summed E-state index contributed by atoms with van der Waals surface area (Å²) in [5.74, 6) is 0.0307. The molecule has 8 nitrogen and oxygen atoms in total. The molecule has 2 N–H and O–H groups in total. The molecule has 2 saturated heterocycles. The normalized spacial score (nSPS) is 18.6. The molecule has 0 saturated carbocycles. The molecule has 2 aliphatic rings. The van der Waals surface area contributed by atoms with Gasteiger partial charge in [0.1, 0.15) is 5.56 Å². The number of piperidine rings is 1. The minimum absolute atomic E-state index is 0. The lowest BCUT2D eigenvalue weighted by Crippen LogP contribution is -2.41. The Morgan fingerprint density at radius 2 is 1.54 bits per heavy atom. The second kappa shape index (κ2) is 13.1. The van der Waals surface area contributed by atoms with Gasteiger partial charge in [0, 0.05) is 68.7 Å². The van der Waals surface area contributed by atoms with E-state index in [-0.39, 0.29) is 30.5 Å². The van der Waals surface area contributed by atoms with E-state index in [1.54, 1.807) is 4.90 Å². The molecule has 1 atom stereocenters. The van der Waals surface area contributed by atoms with Crippen LogP contribution in [0.1, 0.15) is 65.0 Å². The lowest BCUT2D eigenvalue weighted by atomic mass is 9.87. The second-order valence-electron chi connectivity index (χ2n) is 11.8. The van der Waals surface area contributed by atoms with E-state index in [2.05, 4.69) is 60.6 Å². The fourth-order valence-corrected chi connectivity index (χ4v) is 5.37. The van der Waals surface area contributed by atoms with E-state index in [1.807, 2.05) is 0 Å². The first-order valence-electron chi connectivity index (χ1n) is 13.8. The maximum Gasteiger partial charge on any atom is 0.423 e. The number of likely N-dealkylation sites (tertiary alicyclic amines) is 2. The van der Waals surface area contributed by atoms with Crippen LogP contribution in [0.2, 0.25) is 0 Å². The molecule has 2 aliphatic heterocycles. The van der Waals surface area contributed by atoms with Gasteiger partial charge in [0.25, 0.3) is 5.69 Å². The van der Waals surface area contributed by atoms with Crippen molar-refractivity contribution in [3.05, 3.63) is 63.7 Å². The van der Waals surface area contributed by atoms with Crippen molar-refractivity contribution in [2.24, 2.45) is 0 Å². The molecule has 0 bridgehead atoms. The van der Waals surface area contributed by atoms with Crippen molar-refractivity contribution < 1.29 is 22.9 Å². The molecular formula is C30H42F3N5O3. The molecule has 4 rings (SSSR count). The van der Waals surface area contributed by atoms with Gasteiger partial charge in [-0.25, -0.2) is 0 Å². The van der Waals surface area contributed by atoms with Crippen LogP contribution >= 0.6 is 0 Å². The molecule has 1 amide bonds. The number of carbonyl (C=O) groups excluding carboxylic acids is 1. The summed E-state index contributed by atoms with van der Waals surface area (Å²) >= 11 is 0. The summed E-state index contributed by atoms with van der Waals surface area (Å²) in [6.07, 6.45) is -1.84. The number of nitrogens with zero attached hydrogens (tertiary/aromatic N) is 3. The van der Waals surface area contributed by atoms with E-state index in [9.17, 15) is 28.1 Å². The van der Waals surface area contributed by atoms with Crippen LogP contribution in [0, 0.1) is 10.1 Å². The van der Waals surface area contributed by atoms with Crippen molar-refractivity contribution in [2.75, 3.05) is 43.4 Å². The Labute approximate surface area is 240 Å². The number of nitro benzene ring substituents is 1. The second-order valence-corrected chi connectivity index (χ2v) is 11.8. The number of rotatable bonds is 8. The Balaban J connectivity index is 0.00000462. The van der Waals surface area contributed by atoms with Crippen molar-refractivity contribution in [1.82, 2.24) is 9.80 Å². The number of halogens is 3. The summed E-state index contributed by atoms with van der Waals surface area (Å²) in [6, 6.07) is 11.7.